The number of amides is 2. The van der Waals surface area contributed by atoms with Crippen LogP contribution in [0.5, 0.6) is 0 Å². The van der Waals surface area contributed by atoms with Crippen molar-refractivity contribution < 1.29 is 14.0 Å². The van der Waals surface area contributed by atoms with Crippen LogP contribution >= 0.6 is 12.6 Å². The molecule has 2 amide bonds. The summed E-state index contributed by atoms with van der Waals surface area (Å²) in [7, 11) is 1.51. The third-order valence-corrected chi connectivity index (χ3v) is 2.39. The third-order valence-electron chi connectivity index (χ3n) is 2.11. The minimum absolute atomic E-state index is 0.0746. The van der Waals surface area contributed by atoms with Gasteiger partial charge in [-0.3, -0.25) is 9.59 Å². The summed E-state index contributed by atoms with van der Waals surface area (Å²) >= 11 is 4.02. The standard InChI is InChI=1S/C11H13FN2O2S/c1-13-10(15)4-5-14-11(16)8-6-7(17)2-3-9(8)12/h2-3,6,17H,4-5H2,1H3,(H,13,15)(H,14,16). The Labute approximate surface area is 104 Å². The fourth-order valence-corrected chi connectivity index (χ4v) is 1.40. The zero-order chi connectivity index (χ0) is 12.8. The van der Waals surface area contributed by atoms with Crippen molar-refractivity contribution in [3.8, 4) is 0 Å². The number of hydrogen-bond donors (Lipinski definition) is 3. The molecule has 0 heterocycles. The lowest BCUT2D eigenvalue weighted by Gasteiger charge is -2.06. The van der Waals surface area contributed by atoms with Crippen LogP contribution in [0, 0.1) is 5.82 Å². The monoisotopic (exact) mass is 256 g/mol. The van der Waals surface area contributed by atoms with Gasteiger partial charge in [0.05, 0.1) is 5.56 Å². The molecule has 6 heteroatoms. The van der Waals surface area contributed by atoms with Crippen molar-refractivity contribution in [1.29, 1.82) is 0 Å². The van der Waals surface area contributed by atoms with E-state index >= 15 is 0 Å². The Hall–Kier alpha value is -1.56. The molecule has 0 radical (unpaired) electrons. The molecule has 4 nitrogen and oxygen atoms in total. The van der Waals surface area contributed by atoms with Crippen molar-refractivity contribution >= 4 is 24.4 Å². The molecule has 0 aliphatic rings. The third kappa shape index (κ3) is 4.07. The van der Waals surface area contributed by atoms with Crippen LogP contribution in [0.1, 0.15) is 16.8 Å². The lowest BCUT2D eigenvalue weighted by Crippen LogP contribution is -2.29. The minimum atomic E-state index is -0.611. The second-order valence-electron chi connectivity index (χ2n) is 3.34. The Morgan fingerprint density at radius 3 is 2.76 bits per heavy atom. The molecule has 17 heavy (non-hydrogen) atoms. The van der Waals surface area contributed by atoms with E-state index in [0.717, 1.165) is 0 Å². The van der Waals surface area contributed by atoms with Gasteiger partial charge in [-0.2, -0.15) is 0 Å². The Morgan fingerprint density at radius 2 is 2.12 bits per heavy atom. The van der Waals surface area contributed by atoms with Crippen LogP contribution in [0.25, 0.3) is 0 Å². The van der Waals surface area contributed by atoms with E-state index in [9.17, 15) is 14.0 Å². The predicted molar refractivity (Wildman–Crippen MR) is 64.7 cm³/mol. The number of nitrogens with one attached hydrogen (secondary N) is 2. The van der Waals surface area contributed by atoms with Crippen molar-refractivity contribution in [2.24, 2.45) is 0 Å². The molecular formula is C11H13FN2O2S. The van der Waals surface area contributed by atoms with Gasteiger partial charge < -0.3 is 10.6 Å². The van der Waals surface area contributed by atoms with Gasteiger partial charge in [0.2, 0.25) is 5.91 Å². The van der Waals surface area contributed by atoms with Crippen molar-refractivity contribution in [3.05, 3.63) is 29.6 Å². The predicted octanol–water partition coefficient (Wildman–Crippen LogP) is 0.980. The van der Waals surface area contributed by atoms with E-state index in [1.54, 1.807) is 0 Å². The highest BCUT2D eigenvalue weighted by molar-refractivity contribution is 7.80. The maximum Gasteiger partial charge on any atom is 0.254 e. The van der Waals surface area contributed by atoms with Gasteiger partial charge in [0.25, 0.3) is 5.91 Å². The Bertz CT molecular complexity index is 437. The molecule has 0 saturated carbocycles. The fraction of sp³-hybridized carbons (Fsp3) is 0.273. The first-order chi connectivity index (χ1) is 8.04. The Balaban J connectivity index is 2.58. The largest absolute Gasteiger partial charge is 0.359 e. The first-order valence-corrected chi connectivity index (χ1v) is 5.46. The van der Waals surface area contributed by atoms with Gasteiger partial charge in [-0.1, -0.05) is 0 Å². The molecule has 0 bridgehead atoms. The Morgan fingerprint density at radius 1 is 1.41 bits per heavy atom. The van der Waals surface area contributed by atoms with Crippen LogP contribution in [-0.2, 0) is 4.79 Å². The van der Waals surface area contributed by atoms with E-state index in [0.29, 0.717) is 4.90 Å². The van der Waals surface area contributed by atoms with Crippen molar-refractivity contribution in [2.45, 2.75) is 11.3 Å². The molecule has 1 aromatic carbocycles. The molecule has 1 rings (SSSR count). The number of hydrogen-bond acceptors (Lipinski definition) is 3. The van der Waals surface area contributed by atoms with Gasteiger partial charge in [-0.05, 0) is 18.2 Å². The maximum atomic E-state index is 13.3. The second-order valence-corrected chi connectivity index (χ2v) is 3.86. The van der Waals surface area contributed by atoms with E-state index in [-0.39, 0.29) is 24.4 Å². The van der Waals surface area contributed by atoms with Gasteiger partial charge >= 0.3 is 0 Å². The minimum Gasteiger partial charge on any atom is -0.359 e. The van der Waals surface area contributed by atoms with E-state index < -0.39 is 11.7 Å². The smallest absolute Gasteiger partial charge is 0.254 e. The number of carbonyl (C=O) groups is 2. The van der Waals surface area contributed by atoms with Crippen LogP contribution in [0.3, 0.4) is 0 Å². The van der Waals surface area contributed by atoms with Crippen molar-refractivity contribution in [2.75, 3.05) is 13.6 Å². The first-order valence-electron chi connectivity index (χ1n) is 5.02. The van der Waals surface area contributed by atoms with E-state index in [1.165, 1.54) is 25.2 Å². The van der Waals surface area contributed by atoms with Gasteiger partial charge in [0, 0.05) is 24.9 Å². The average Bonchev–Trinajstić information content (AvgIpc) is 2.31. The number of carbonyl (C=O) groups excluding carboxylic acids is 2. The number of benzene rings is 1. The highest BCUT2D eigenvalue weighted by atomic mass is 32.1. The average molecular weight is 256 g/mol. The van der Waals surface area contributed by atoms with Crippen LogP contribution in [0.2, 0.25) is 0 Å². The first kappa shape index (κ1) is 13.5. The molecule has 0 aliphatic heterocycles. The molecule has 0 saturated heterocycles. The molecule has 0 aliphatic carbocycles. The summed E-state index contributed by atoms with van der Waals surface area (Å²) in [5.74, 6) is -1.35. The highest BCUT2D eigenvalue weighted by Crippen LogP contribution is 2.13. The zero-order valence-electron chi connectivity index (χ0n) is 9.29. The summed E-state index contributed by atoms with van der Waals surface area (Å²) in [6.07, 6.45) is 0.157. The molecule has 0 fully saturated rings. The molecule has 1 aromatic rings. The molecule has 92 valence electrons. The van der Waals surface area contributed by atoms with Crippen LogP contribution in [0.15, 0.2) is 23.1 Å². The highest BCUT2D eigenvalue weighted by Gasteiger charge is 2.11. The molecule has 0 unspecified atom stereocenters. The van der Waals surface area contributed by atoms with Crippen molar-refractivity contribution in [3.63, 3.8) is 0 Å². The molecule has 2 N–H and O–H groups in total. The fourth-order valence-electron chi connectivity index (χ4n) is 1.20. The lowest BCUT2D eigenvalue weighted by atomic mass is 10.2. The number of rotatable bonds is 4. The van der Waals surface area contributed by atoms with Gasteiger partial charge in [0.15, 0.2) is 0 Å². The normalized spacial score (nSPS) is 9.82. The van der Waals surface area contributed by atoms with E-state index in [1.807, 2.05) is 0 Å². The lowest BCUT2D eigenvalue weighted by molar-refractivity contribution is -0.120. The van der Waals surface area contributed by atoms with Gasteiger partial charge in [-0.15, -0.1) is 12.6 Å². The summed E-state index contributed by atoms with van der Waals surface area (Å²) in [6, 6.07) is 3.98. The van der Waals surface area contributed by atoms with E-state index in [2.05, 4.69) is 23.3 Å². The van der Waals surface area contributed by atoms with Crippen LogP contribution < -0.4 is 10.6 Å². The zero-order valence-corrected chi connectivity index (χ0v) is 10.2. The second kappa shape index (κ2) is 6.24. The van der Waals surface area contributed by atoms with E-state index in [4.69, 9.17) is 0 Å². The molecule has 0 aromatic heterocycles. The number of halogens is 1. The summed E-state index contributed by atoms with van der Waals surface area (Å²) in [6.45, 7) is 0.161. The summed E-state index contributed by atoms with van der Waals surface area (Å²) in [5, 5.41) is 4.88. The SMILES string of the molecule is CNC(=O)CCNC(=O)c1cc(S)ccc1F. The molecule has 0 spiro atoms. The van der Waals surface area contributed by atoms with Gasteiger partial charge in [-0.25, -0.2) is 4.39 Å². The summed E-state index contributed by atoms with van der Waals surface area (Å²) < 4.78 is 13.3. The quantitative estimate of drug-likeness (QED) is 0.703. The molecular weight excluding hydrogens is 243 g/mol. The Kier molecular flexibility index (Phi) is 4.96. The maximum absolute atomic E-state index is 13.3. The summed E-state index contributed by atoms with van der Waals surface area (Å²) in [5.41, 5.74) is -0.0746. The molecule has 0 atom stereocenters. The summed E-state index contributed by atoms with van der Waals surface area (Å²) in [4.78, 5) is 23.0. The van der Waals surface area contributed by atoms with Gasteiger partial charge in [0.1, 0.15) is 5.82 Å². The van der Waals surface area contributed by atoms with Crippen LogP contribution in [0.4, 0.5) is 4.39 Å². The number of thiol groups is 1. The van der Waals surface area contributed by atoms with Crippen LogP contribution in [-0.4, -0.2) is 25.4 Å². The van der Waals surface area contributed by atoms with Crippen molar-refractivity contribution in [1.82, 2.24) is 10.6 Å². The topological polar surface area (TPSA) is 58.2 Å².